The van der Waals surface area contributed by atoms with Gasteiger partial charge in [-0.3, -0.25) is 9.59 Å². The minimum absolute atomic E-state index is 0.0186. The maximum Gasteiger partial charge on any atom is 0.260 e. The molecule has 1 atom stereocenters. The first-order valence-electron chi connectivity index (χ1n) is 8.02. The van der Waals surface area contributed by atoms with E-state index in [0.717, 1.165) is 31.2 Å². The molecule has 0 bridgehead atoms. The summed E-state index contributed by atoms with van der Waals surface area (Å²) >= 11 is 0. The van der Waals surface area contributed by atoms with E-state index in [-0.39, 0.29) is 11.8 Å². The van der Waals surface area contributed by atoms with Crippen LogP contribution in [0.5, 0.6) is 0 Å². The van der Waals surface area contributed by atoms with Gasteiger partial charge >= 0.3 is 0 Å². The summed E-state index contributed by atoms with van der Waals surface area (Å²) in [6, 6.07) is 0. The Balaban J connectivity index is 1.74. The van der Waals surface area contributed by atoms with Gasteiger partial charge in [-0.25, -0.2) is 9.50 Å². The van der Waals surface area contributed by atoms with Crippen LogP contribution in [0, 0.1) is 6.92 Å². The Morgan fingerprint density at radius 1 is 1.30 bits per heavy atom. The molecule has 2 aromatic rings. The van der Waals surface area contributed by atoms with E-state index in [9.17, 15) is 9.59 Å². The average molecular weight is 313 g/mol. The van der Waals surface area contributed by atoms with Crippen LogP contribution in [0.2, 0.25) is 0 Å². The highest BCUT2D eigenvalue weighted by atomic mass is 16.2. The Labute approximate surface area is 133 Å². The molecular formula is C16H19N5O2. The molecule has 120 valence electrons. The number of amides is 2. The minimum atomic E-state index is -0.686. The standard InChI is InChI=1S/C16H19N5O2/c1-11-8-18-13-12(9-19-21(13)10-11)14(22)20-7-3-5-16(20)4-2-6-17-15(16)23/h8-10H,2-7H2,1H3,(H,17,23). The zero-order chi connectivity index (χ0) is 16.0. The number of fused-ring (bicyclic) bond motifs is 1. The Bertz CT molecular complexity index is 799. The minimum Gasteiger partial charge on any atom is -0.354 e. The lowest BCUT2D eigenvalue weighted by Gasteiger charge is -2.39. The number of nitrogens with zero attached hydrogens (tertiary/aromatic N) is 4. The highest BCUT2D eigenvalue weighted by molar-refractivity contribution is 6.03. The van der Waals surface area contributed by atoms with Crippen molar-refractivity contribution in [3.8, 4) is 0 Å². The molecule has 2 amide bonds. The van der Waals surface area contributed by atoms with Crippen molar-refractivity contribution >= 4 is 17.5 Å². The molecule has 7 nitrogen and oxygen atoms in total. The predicted octanol–water partition coefficient (Wildman–Crippen LogP) is 0.923. The molecule has 2 aliphatic rings. The molecular weight excluding hydrogens is 294 g/mol. The SMILES string of the molecule is Cc1cnc2c(C(=O)N3CCCC34CCCNC4=O)cnn2c1. The van der Waals surface area contributed by atoms with Gasteiger partial charge in [-0.05, 0) is 38.2 Å². The van der Waals surface area contributed by atoms with E-state index in [1.807, 2.05) is 13.1 Å². The fourth-order valence-corrected chi connectivity index (χ4v) is 3.80. The summed E-state index contributed by atoms with van der Waals surface area (Å²) in [5, 5.41) is 7.15. The van der Waals surface area contributed by atoms with Gasteiger partial charge in [0.15, 0.2) is 5.65 Å². The zero-order valence-electron chi connectivity index (χ0n) is 13.1. The van der Waals surface area contributed by atoms with Crippen LogP contribution in [-0.4, -0.2) is 49.9 Å². The van der Waals surface area contributed by atoms with Gasteiger partial charge in [0.2, 0.25) is 5.91 Å². The molecule has 7 heteroatoms. The topological polar surface area (TPSA) is 79.6 Å². The first kappa shape index (κ1) is 14.2. The summed E-state index contributed by atoms with van der Waals surface area (Å²) in [5.74, 6) is -0.166. The highest BCUT2D eigenvalue weighted by Gasteiger charge is 2.50. The van der Waals surface area contributed by atoms with Gasteiger partial charge in [-0.15, -0.1) is 0 Å². The van der Waals surface area contributed by atoms with Gasteiger partial charge in [0.1, 0.15) is 11.1 Å². The number of likely N-dealkylation sites (tertiary alicyclic amines) is 1. The largest absolute Gasteiger partial charge is 0.354 e. The third-order valence-electron chi connectivity index (χ3n) is 4.93. The molecule has 2 saturated heterocycles. The van der Waals surface area contributed by atoms with Crippen LogP contribution in [0.4, 0.5) is 0 Å². The Morgan fingerprint density at radius 3 is 2.96 bits per heavy atom. The molecule has 4 heterocycles. The molecule has 23 heavy (non-hydrogen) atoms. The molecule has 1 N–H and O–H groups in total. The number of hydrogen-bond donors (Lipinski definition) is 1. The molecule has 0 saturated carbocycles. The van der Waals surface area contributed by atoms with Crippen molar-refractivity contribution < 1.29 is 9.59 Å². The van der Waals surface area contributed by atoms with E-state index >= 15 is 0 Å². The van der Waals surface area contributed by atoms with Crippen molar-refractivity contribution in [3.05, 3.63) is 29.7 Å². The predicted molar refractivity (Wildman–Crippen MR) is 83.0 cm³/mol. The van der Waals surface area contributed by atoms with E-state index in [1.54, 1.807) is 21.8 Å². The average Bonchev–Trinajstić information content (AvgIpc) is 3.14. The number of hydrogen-bond acceptors (Lipinski definition) is 4. The van der Waals surface area contributed by atoms with E-state index in [2.05, 4.69) is 15.4 Å². The van der Waals surface area contributed by atoms with E-state index in [1.165, 1.54) is 0 Å². The van der Waals surface area contributed by atoms with Gasteiger partial charge in [-0.2, -0.15) is 5.10 Å². The van der Waals surface area contributed by atoms with Crippen molar-refractivity contribution in [1.29, 1.82) is 0 Å². The quantitative estimate of drug-likeness (QED) is 0.849. The van der Waals surface area contributed by atoms with E-state index < -0.39 is 5.54 Å². The maximum atomic E-state index is 13.1. The van der Waals surface area contributed by atoms with E-state index in [0.29, 0.717) is 24.3 Å². The third-order valence-corrected chi connectivity index (χ3v) is 4.93. The first-order valence-corrected chi connectivity index (χ1v) is 8.02. The molecule has 0 aromatic carbocycles. The number of piperidine rings is 1. The van der Waals surface area contributed by atoms with Crippen LogP contribution >= 0.6 is 0 Å². The van der Waals surface area contributed by atoms with Crippen molar-refractivity contribution in [2.45, 2.75) is 38.1 Å². The van der Waals surface area contributed by atoms with Crippen molar-refractivity contribution in [2.24, 2.45) is 0 Å². The summed E-state index contributed by atoms with van der Waals surface area (Å²) in [6.45, 7) is 3.23. The monoisotopic (exact) mass is 313 g/mol. The maximum absolute atomic E-state index is 13.1. The lowest BCUT2D eigenvalue weighted by atomic mass is 9.86. The second kappa shape index (κ2) is 5.04. The van der Waals surface area contributed by atoms with Gasteiger partial charge in [-0.1, -0.05) is 0 Å². The van der Waals surface area contributed by atoms with Crippen molar-refractivity contribution in [3.63, 3.8) is 0 Å². The molecule has 0 aliphatic carbocycles. The molecule has 0 radical (unpaired) electrons. The van der Waals surface area contributed by atoms with Crippen LogP contribution in [-0.2, 0) is 4.79 Å². The number of nitrogens with one attached hydrogen (secondary N) is 1. The van der Waals surface area contributed by atoms with E-state index in [4.69, 9.17) is 0 Å². The third kappa shape index (κ3) is 2.03. The number of aromatic nitrogens is 3. The normalized spacial score (nSPS) is 24.4. The second-order valence-corrected chi connectivity index (χ2v) is 6.41. The summed E-state index contributed by atoms with van der Waals surface area (Å²) < 4.78 is 1.62. The second-order valence-electron chi connectivity index (χ2n) is 6.41. The Hall–Kier alpha value is -2.44. The highest BCUT2D eigenvalue weighted by Crippen LogP contribution is 2.37. The Morgan fingerprint density at radius 2 is 2.13 bits per heavy atom. The number of aryl methyl sites for hydroxylation is 1. The summed E-state index contributed by atoms with van der Waals surface area (Å²) in [4.78, 5) is 31.6. The Kier molecular flexibility index (Phi) is 3.11. The molecule has 2 fully saturated rings. The van der Waals surface area contributed by atoms with Crippen LogP contribution < -0.4 is 5.32 Å². The lowest BCUT2D eigenvalue weighted by Crippen LogP contribution is -2.60. The van der Waals surface area contributed by atoms with Crippen LogP contribution in [0.15, 0.2) is 18.6 Å². The lowest BCUT2D eigenvalue weighted by molar-refractivity contribution is -0.133. The van der Waals surface area contributed by atoms with Crippen molar-refractivity contribution in [1.82, 2.24) is 24.8 Å². The zero-order valence-corrected chi connectivity index (χ0v) is 13.1. The number of rotatable bonds is 1. The molecule has 2 aliphatic heterocycles. The fraction of sp³-hybridized carbons (Fsp3) is 0.500. The number of carbonyl (C=O) groups excluding carboxylic acids is 2. The molecule has 1 unspecified atom stereocenters. The molecule has 4 rings (SSSR count). The summed E-state index contributed by atoms with van der Waals surface area (Å²) in [6.07, 6.45) is 8.34. The van der Waals surface area contributed by atoms with Crippen LogP contribution in [0.3, 0.4) is 0 Å². The van der Waals surface area contributed by atoms with Crippen LogP contribution in [0.25, 0.3) is 5.65 Å². The van der Waals surface area contributed by atoms with Gasteiger partial charge < -0.3 is 10.2 Å². The van der Waals surface area contributed by atoms with Crippen molar-refractivity contribution in [2.75, 3.05) is 13.1 Å². The first-order chi connectivity index (χ1) is 11.1. The molecule has 2 aromatic heterocycles. The summed E-state index contributed by atoms with van der Waals surface area (Å²) in [7, 11) is 0. The molecule has 1 spiro atoms. The fourth-order valence-electron chi connectivity index (χ4n) is 3.80. The van der Waals surface area contributed by atoms with Gasteiger partial charge in [0.25, 0.3) is 5.91 Å². The number of carbonyl (C=O) groups is 2. The summed E-state index contributed by atoms with van der Waals surface area (Å²) in [5.41, 5.74) is 1.29. The van der Waals surface area contributed by atoms with Gasteiger partial charge in [0.05, 0.1) is 6.20 Å². The van der Waals surface area contributed by atoms with Crippen LogP contribution in [0.1, 0.15) is 41.6 Å². The van der Waals surface area contributed by atoms with Gasteiger partial charge in [0, 0.05) is 25.5 Å². The smallest absolute Gasteiger partial charge is 0.260 e.